The number of hydrogen-bond donors (Lipinski definition) is 2. The lowest BCUT2D eigenvalue weighted by atomic mass is 9.92. The molecule has 1 aromatic carbocycles. The number of carbonyl (C=O) groups excluding carboxylic acids is 1. The minimum atomic E-state index is -0.929. The van der Waals surface area contributed by atoms with E-state index < -0.39 is 6.10 Å². The molecule has 4 aliphatic rings. The molecule has 0 bridgehead atoms. The standard InChI is InChI=1S/C25H31BrN6O2S/c1-15(33)24(34)31-9-6-16(7-10-31)8-11-32-14-28-22(27)21-23(32)30-25(29-21)35-20-13-18-5-3-2-4-17(18)12-19(20)26/h12-16,33H,2-11,27H2,1H3. The summed E-state index contributed by atoms with van der Waals surface area (Å²) >= 11 is 5.30. The van der Waals surface area contributed by atoms with Crippen LogP contribution in [0.2, 0.25) is 0 Å². The van der Waals surface area contributed by atoms with Crippen LogP contribution in [0.3, 0.4) is 0 Å². The van der Waals surface area contributed by atoms with E-state index in [0.29, 0.717) is 35.7 Å². The van der Waals surface area contributed by atoms with Gasteiger partial charge in [-0.15, -0.1) is 0 Å². The summed E-state index contributed by atoms with van der Waals surface area (Å²) < 4.78 is 3.12. The van der Waals surface area contributed by atoms with Crippen LogP contribution in [0.15, 0.2) is 33.0 Å². The molecule has 35 heavy (non-hydrogen) atoms. The number of amides is 1. The van der Waals surface area contributed by atoms with Crippen molar-refractivity contribution in [2.75, 3.05) is 18.8 Å². The number of nitrogen functional groups attached to an aromatic ring is 1. The van der Waals surface area contributed by atoms with E-state index in [1.54, 1.807) is 23.0 Å². The Labute approximate surface area is 218 Å². The van der Waals surface area contributed by atoms with Crippen molar-refractivity contribution in [3.05, 3.63) is 34.1 Å². The van der Waals surface area contributed by atoms with Crippen LogP contribution in [0.4, 0.5) is 5.82 Å². The van der Waals surface area contributed by atoms with E-state index >= 15 is 0 Å². The Hall–Kier alpha value is -2.17. The van der Waals surface area contributed by atoms with Crippen molar-refractivity contribution in [1.29, 1.82) is 0 Å². The second-order valence-electron chi connectivity index (χ2n) is 9.60. The van der Waals surface area contributed by atoms with E-state index in [0.717, 1.165) is 53.8 Å². The molecule has 3 aliphatic heterocycles. The monoisotopic (exact) mass is 558 g/mol. The molecule has 10 heteroatoms. The van der Waals surface area contributed by atoms with Gasteiger partial charge in [-0.2, -0.15) is 0 Å². The smallest absolute Gasteiger partial charge is 0.251 e. The Bertz CT molecular complexity index is 1190. The minimum absolute atomic E-state index is 0.176. The molecule has 0 spiro atoms. The Morgan fingerprint density at radius 2 is 1.94 bits per heavy atom. The topological polar surface area (TPSA) is 110 Å². The molecule has 0 saturated carbocycles. The van der Waals surface area contributed by atoms with Crippen LogP contribution in [0.5, 0.6) is 0 Å². The highest BCUT2D eigenvalue weighted by Gasteiger charge is 2.26. The fourth-order valence-electron chi connectivity index (χ4n) is 5.08. The number of aliphatic hydroxyl groups is 1. The maximum absolute atomic E-state index is 12.0. The predicted octanol–water partition coefficient (Wildman–Crippen LogP) is 4.16. The van der Waals surface area contributed by atoms with Gasteiger partial charge in [0.05, 0.1) is 6.33 Å². The highest BCUT2D eigenvalue weighted by Crippen LogP contribution is 2.38. The Morgan fingerprint density at radius 1 is 1.23 bits per heavy atom. The number of anilines is 1. The van der Waals surface area contributed by atoms with Gasteiger partial charge in [0.1, 0.15) is 6.10 Å². The highest BCUT2D eigenvalue weighted by molar-refractivity contribution is 9.10. The summed E-state index contributed by atoms with van der Waals surface area (Å²) in [5, 5.41) is 10.2. The van der Waals surface area contributed by atoms with Gasteiger partial charge in [0.25, 0.3) is 5.91 Å². The molecular formula is C25H31BrN6O2S. The van der Waals surface area contributed by atoms with E-state index in [-0.39, 0.29) is 5.91 Å². The summed E-state index contributed by atoms with van der Waals surface area (Å²) in [5.74, 6) is 1.49. The number of fused-ring (bicyclic) bond motifs is 2. The molecule has 1 saturated heterocycles. The Balaban J connectivity index is 1.28. The maximum atomic E-state index is 12.0. The quantitative estimate of drug-likeness (QED) is 0.467. The first-order chi connectivity index (χ1) is 16.9. The van der Waals surface area contributed by atoms with Crippen LogP contribution in [0.1, 0.15) is 50.2 Å². The molecule has 8 nitrogen and oxygen atoms in total. The lowest BCUT2D eigenvalue weighted by molar-refractivity contribution is -0.140. The largest absolute Gasteiger partial charge is 0.384 e. The lowest BCUT2D eigenvalue weighted by Gasteiger charge is -2.33. The first-order valence-corrected chi connectivity index (χ1v) is 13.9. The van der Waals surface area contributed by atoms with Gasteiger partial charge in [0.15, 0.2) is 22.5 Å². The number of halogens is 1. The molecule has 1 amide bonds. The molecule has 3 heterocycles. The molecule has 0 radical (unpaired) electrons. The maximum Gasteiger partial charge on any atom is 0.251 e. The number of nitrogens with zero attached hydrogens (tertiary/aromatic N) is 5. The van der Waals surface area contributed by atoms with Gasteiger partial charge >= 0.3 is 0 Å². The van der Waals surface area contributed by atoms with Gasteiger partial charge in [0.2, 0.25) is 0 Å². The molecule has 1 fully saturated rings. The number of aromatic nitrogens is 4. The fraction of sp³-hybridized carbons (Fsp3) is 0.520. The van der Waals surface area contributed by atoms with Crippen LogP contribution in [-0.4, -0.2) is 54.6 Å². The third kappa shape index (κ3) is 5.34. The molecule has 1 atom stereocenters. The van der Waals surface area contributed by atoms with Gasteiger partial charge in [-0.1, -0.05) is 0 Å². The van der Waals surface area contributed by atoms with Crippen LogP contribution >= 0.6 is 27.7 Å². The first kappa shape index (κ1) is 24.5. The predicted molar refractivity (Wildman–Crippen MR) is 139 cm³/mol. The van der Waals surface area contributed by atoms with Crippen molar-refractivity contribution < 1.29 is 9.90 Å². The number of aryl methyl sites for hydroxylation is 3. The molecule has 1 unspecified atom stereocenters. The zero-order valence-corrected chi connectivity index (χ0v) is 22.3. The van der Waals surface area contributed by atoms with E-state index in [4.69, 9.17) is 15.7 Å². The number of imidazole rings is 1. The number of rotatable bonds is 6. The highest BCUT2D eigenvalue weighted by atomic mass is 79.9. The van der Waals surface area contributed by atoms with Crippen molar-refractivity contribution in [3.63, 3.8) is 0 Å². The average Bonchev–Trinajstić information content (AvgIpc) is 3.29. The van der Waals surface area contributed by atoms with Gasteiger partial charge in [-0.25, -0.2) is 15.0 Å². The first-order valence-electron chi connectivity index (χ1n) is 12.3. The molecule has 1 aromatic rings. The lowest BCUT2D eigenvalue weighted by Crippen LogP contribution is -2.43. The van der Waals surface area contributed by atoms with Gasteiger partial charge in [-0.05, 0) is 109 Å². The van der Waals surface area contributed by atoms with E-state index in [1.807, 2.05) is 4.57 Å². The van der Waals surface area contributed by atoms with E-state index in [9.17, 15) is 9.90 Å². The van der Waals surface area contributed by atoms with E-state index in [1.165, 1.54) is 30.9 Å². The van der Waals surface area contributed by atoms with Crippen LogP contribution in [0.25, 0.3) is 11.5 Å². The summed E-state index contributed by atoms with van der Waals surface area (Å²) in [7, 11) is 0. The Kier molecular flexibility index (Phi) is 7.31. The van der Waals surface area contributed by atoms with Crippen LogP contribution < -0.4 is 5.73 Å². The van der Waals surface area contributed by atoms with Crippen LogP contribution in [-0.2, 0) is 24.2 Å². The summed E-state index contributed by atoms with van der Waals surface area (Å²) in [6.45, 7) is 3.69. The third-order valence-corrected chi connectivity index (χ3v) is 8.97. The minimum Gasteiger partial charge on any atom is -0.384 e. The second-order valence-corrected chi connectivity index (χ2v) is 11.5. The molecular weight excluding hydrogens is 528 g/mol. The zero-order chi connectivity index (χ0) is 24.5. The third-order valence-electron chi connectivity index (χ3n) is 7.13. The van der Waals surface area contributed by atoms with Crippen molar-refractivity contribution in [3.8, 4) is 11.5 Å². The second kappa shape index (κ2) is 10.4. The molecule has 3 N–H and O–H groups in total. The van der Waals surface area contributed by atoms with Crippen molar-refractivity contribution >= 4 is 39.4 Å². The van der Waals surface area contributed by atoms with Gasteiger partial charge in [0, 0.05) is 29.0 Å². The summed E-state index contributed by atoms with van der Waals surface area (Å²) in [6, 6.07) is 4.52. The van der Waals surface area contributed by atoms with Crippen LogP contribution in [0, 0.1) is 5.92 Å². The molecule has 1 aliphatic carbocycles. The number of piperidine rings is 1. The summed E-state index contributed by atoms with van der Waals surface area (Å²) in [4.78, 5) is 28.8. The molecule has 0 aromatic heterocycles. The van der Waals surface area contributed by atoms with Crippen molar-refractivity contribution in [1.82, 2.24) is 24.4 Å². The Morgan fingerprint density at radius 3 is 2.66 bits per heavy atom. The summed E-state index contributed by atoms with van der Waals surface area (Å²) in [5.41, 5.74) is 9.66. The van der Waals surface area contributed by atoms with Gasteiger partial charge in [-0.3, -0.25) is 4.79 Å². The number of nitrogens with two attached hydrogens (primary N) is 1. The number of carbonyl (C=O) groups is 1. The zero-order valence-electron chi connectivity index (χ0n) is 19.9. The van der Waals surface area contributed by atoms with Crippen molar-refractivity contribution in [2.45, 2.75) is 74.6 Å². The number of aliphatic hydroxyl groups excluding tert-OH is 1. The average molecular weight is 560 g/mol. The molecule has 186 valence electrons. The number of benzene rings is 1. The summed E-state index contributed by atoms with van der Waals surface area (Å²) in [6.07, 6.45) is 8.44. The number of likely N-dealkylation sites (tertiary alicyclic amines) is 1. The van der Waals surface area contributed by atoms with Gasteiger partial charge < -0.3 is 20.3 Å². The van der Waals surface area contributed by atoms with E-state index in [2.05, 4.69) is 33.0 Å². The normalized spacial score (nSPS) is 17.5. The number of hydrogen-bond acceptors (Lipinski definition) is 7. The molecule has 5 rings (SSSR count). The van der Waals surface area contributed by atoms with Crippen molar-refractivity contribution in [2.24, 2.45) is 5.92 Å². The SMILES string of the molecule is CC(O)C(=O)N1CCC(CCn2cnc(N)c3nc(Sc4cc5c(cc4Br)CCCC5)nc2-3)CC1. The fourth-order valence-corrected chi connectivity index (χ4v) is 6.54.